The molecule has 5 rings (SSSR count). The highest BCUT2D eigenvalue weighted by atomic mass is 32.2. The van der Waals surface area contributed by atoms with Crippen LogP contribution in [-0.4, -0.2) is 82.9 Å². The molecule has 4 aliphatic rings. The van der Waals surface area contributed by atoms with Gasteiger partial charge in [-0.15, -0.1) is 11.8 Å². The number of halogens is 3. The maximum atomic E-state index is 13.5. The highest BCUT2D eigenvalue weighted by molar-refractivity contribution is 8.00. The van der Waals surface area contributed by atoms with E-state index in [1.165, 1.54) is 44.1 Å². The smallest absolute Gasteiger partial charge is 0.490 e. The molecule has 13 heteroatoms. The van der Waals surface area contributed by atoms with Crippen LogP contribution >= 0.6 is 11.8 Å². The summed E-state index contributed by atoms with van der Waals surface area (Å²) in [5.74, 6) is -4.09. The second-order valence-electron chi connectivity index (χ2n) is 10.7. The molecule has 0 radical (unpaired) electrons. The van der Waals surface area contributed by atoms with Gasteiger partial charge in [-0.3, -0.25) is 24.2 Å². The fourth-order valence-electron chi connectivity index (χ4n) is 6.90. The van der Waals surface area contributed by atoms with E-state index >= 15 is 0 Å². The first kappa shape index (κ1) is 31.1. The summed E-state index contributed by atoms with van der Waals surface area (Å²) in [6, 6.07) is 5.82. The number of aliphatic carboxylic acids is 1. The molecule has 1 aliphatic carbocycles. The summed E-state index contributed by atoms with van der Waals surface area (Å²) in [6.07, 6.45) is 2.55. The number of ether oxygens (including phenoxy) is 2. The summed E-state index contributed by atoms with van der Waals surface area (Å²) < 4.78 is 42.8. The van der Waals surface area contributed by atoms with Crippen molar-refractivity contribution < 1.29 is 46.9 Å². The van der Waals surface area contributed by atoms with Crippen LogP contribution in [0.1, 0.15) is 63.5 Å². The van der Waals surface area contributed by atoms with E-state index in [0.717, 1.165) is 22.6 Å². The zero-order valence-electron chi connectivity index (χ0n) is 23.2. The molecule has 3 unspecified atom stereocenters. The molecule has 2 amide bonds. The standard InChI is InChI=1S/C26H34N2O5S.C2HF3O2/c1-4-27-23(29)20-21(24(27)30)26(25(31)33-3)13-8-14-28(26)22(20)16-11-12-19(18(15-16)32-2)34-17-9-6-5-7-10-17;3-2(4,5)1(6)7/h11-12,15,17,20-22H,4-10,13-14H2,1-3H3;(H,6,7)/t20?,21?,22?,26-;/m0./s1. The van der Waals surface area contributed by atoms with Crippen LogP contribution in [0.15, 0.2) is 23.1 Å². The van der Waals surface area contributed by atoms with Gasteiger partial charge < -0.3 is 14.6 Å². The van der Waals surface area contributed by atoms with E-state index in [-0.39, 0.29) is 17.9 Å². The lowest BCUT2D eigenvalue weighted by Crippen LogP contribution is -2.54. The Kier molecular flexibility index (Phi) is 9.27. The maximum Gasteiger partial charge on any atom is 0.490 e. The molecule has 3 saturated heterocycles. The quantitative estimate of drug-likeness (QED) is 0.374. The van der Waals surface area contributed by atoms with Gasteiger partial charge in [0.15, 0.2) is 0 Å². The van der Waals surface area contributed by atoms with E-state index in [1.54, 1.807) is 7.11 Å². The van der Waals surface area contributed by atoms with Crippen LogP contribution in [0.25, 0.3) is 0 Å². The van der Waals surface area contributed by atoms with Crippen molar-refractivity contribution in [3.8, 4) is 5.75 Å². The van der Waals surface area contributed by atoms with Gasteiger partial charge in [-0.25, -0.2) is 4.79 Å². The van der Waals surface area contributed by atoms with Gasteiger partial charge in [-0.1, -0.05) is 25.3 Å². The zero-order chi connectivity index (χ0) is 30.1. The molecule has 226 valence electrons. The number of hydrogen-bond acceptors (Lipinski definition) is 8. The average molecular weight is 601 g/mol. The molecule has 1 saturated carbocycles. The molecular formula is C28H35F3N2O7S. The Morgan fingerprint density at radius 3 is 2.32 bits per heavy atom. The van der Waals surface area contributed by atoms with Gasteiger partial charge in [-0.2, -0.15) is 13.2 Å². The first-order valence-corrected chi connectivity index (χ1v) is 14.6. The van der Waals surface area contributed by atoms with Crippen LogP contribution in [0, 0.1) is 11.8 Å². The van der Waals surface area contributed by atoms with Crippen LogP contribution in [0.3, 0.4) is 0 Å². The second kappa shape index (κ2) is 12.2. The molecule has 0 aromatic heterocycles. The van der Waals surface area contributed by atoms with Gasteiger partial charge in [0, 0.05) is 22.7 Å². The van der Waals surface area contributed by atoms with Crippen molar-refractivity contribution in [1.82, 2.24) is 9.80 Å². The Morgan fingerprint density at radius 2 is 1.76 bits per heavy atom. The van der Waals surface area contributed by atoms with E-state index in [2.05, 4.69) is 17.0 Å². The predicted molar refractivity (Wildman–Crippen MR) is 142 cm³/mol. The third-order valence-corrected chi connectivity index (χ3v) is 9.97. The van der Waals surface area contributed by atoms with Crippen molar-refractivity contribution in [2.24, 2.45) is 11.8 Å². The number of carbonyl (C=O) groups excluding carboxylic acids is 3. The van der Waals surface area contributed by atoms with Gasteiger partial charge in [0.05, 0.1) is 26.1 Å². The van der Waals surface area contributed by atoms with Gasteiger partial charge in [0.2, 0.25) is 11.8 Å². The summed E-state index contributed by atoms with van der Waals surface area (Å²) in [4.78, 5) is 53.5. The molecule has 3 heterocycles. The lowest BCUT2D eigenvalue weighted by molar-refractivity contribution is -0.192. The number of imide groups is 1. The van der Waals surface area contributed by atoms with Crippen molar-refractivity contribution in [3.05, 3.63) is 23.8 Å². The summed E-state index contributed by atoms with van der Waals surface area (Å²) in [7, 11) is 3.05. The zero-order valence-corrected chi connectivity index (χ0v) is 24.1. The Hall–Kier alpha value is -2.80. The normalized spacial score (nSPS) is 28.1. The molecule has 41 heavy (non-hydrogen) atoms. The number of alkyl halides is 3. The molecule has 0 bridgehead atoms. The van der Waals surface area contributed by atoms with E-state index in [0.29, 0.717) is 24.8 Å². The number of fused-ring (bicyclic) bond motifs is 3. The number of amides is 2. The Bertz CT molecular complexity index is 1190. The van der Waals surface area contributed by atoms with Crippen molar-refractivity contribution >= 4 is 35.5 Å². The number of methoxy groups -OCH3 is 2. The average Bonchev–Trinajstić information content (AvgIpc) is 3.57. The molecule has 1 aromatic rings. The molecule has 3 aliphatic heterocycles. The molecular weight excluding hydrogens is 565 g/mol. The van der Waals surface area contributed by atoms with Crippen LogP contribution in [0.2, 0.25) is 0 Å². The fraction of sp³-hybridized carbons (Fsp3) is 0.643. The molecule has 1 N–H and O–H groups in total. The minimum Gasteiger partial charge on any atom is -0.496 e. The molecule has 9 nitrogen and oxygen atoms in total. The van der Waals surface area contributed by atoms with Crippen molar-refractivity contribution in [3.63, 3.8) is 0 Å². The molecule has 4 fully saturated rings. The first-order valence-electron chi connectivity index (χ1n) is 13.8. The third-order valence-electron chi connectivity index (χ3n) is 8.57. The molecule has 4 atom stereocenters. The first-order chi connectivity index (χ1) is 19.4. The van der Waals surface area contributed by atoms with E-state index in [1.807, 2.05) is 24.8 Å². The number of nitrogens with zero attached hydrogens (tertiary/aromatic N) is 2. The second-order valence-corrected chi connectivity index (χ2v) is 12.0. The van der Waals surface area contributed by atoms with Crippen molar-refractivity contribution in [2.45, 2.75) is 79.8 Å². The van der Waals surface area contributed by atoms with E-state index in [9.17, 15) is 27.6 Å². The fourth-order valence-corrected chi connectivity index (χ4v) is 8.23. The Balaban J connectivity index is 0.000000493. The number of thioether (sulfide) groups is 1. The number of esters is 1. The van der Waals surface area contributed by atoms with Gasteiger partial charge in [0.1, 0.15) is 11.3 Å². The minimum absolute atomic E-state index is 0.181. The lowest BCUT2D eigenvalue weighted by Gasteiger charge is -2.36. The molecule has 0 spiro atoms. The van der Waals surface area contributed by atoms with Crippen LogP contribution in [0.4, 0.5) is 13.2 Å². The summed E-state index contributed by atoms with van der Waals surface area (Å²) >= 11 is 1.88. The number of carbonyl (C=O) groups is 4. The van der Waals surface area contributed by atoms with Gasteiger partial charge in [-0.05, 0) is 56.8 Å². The number of rotatable bonds is 6. The Labute approximate surface area is 240 Å². The maximum absolute atomic E-state index is 13.5. The van der Waals surface area contributed by atoms with Crippen molar-refractivity contribution in [2.75, 3.05) is 27.3 Å². The third kappa shape index (κ3) is 5.54. The largest absolute Gasteiger partial charge is 0.496 e. The van der Waals surface area contributed by atoms with E-state index in [4.69, 9.17) is 19.4 Å². The topological polar surface area (TPSA) is 113 Å². The predicted octanol–water partition coefficient (Wildman–Crippen LogP) is 4.44. The number of hydrogen-bond donors (Lipinski definition) is 1. The highest BCUT2D eigenvalue weighted by Gasteiger charge is 2.73. The number of likely N-dealkylation sites (tertiary alicyclic amines) is 1. The van der Waals surface area contributed by atoms with Crippen LogP contribution in [-0.2, 0) is 23.9 Å². The van der Waals surface area contributed by atoms with Gasteiger partial charge in [0.25, 0.3) is 0 Å². The lowest BCUT2D eigenvalue weighted by atomic mass is 9.77. The van der Waals surface area contributed by atoms with Crippen molar-refractivity contribution in [1.29, 1.82) is 0 Å². The summed E-state index contributed by atoms with van der Waals surface area (Å²) in [5.41, 5.74) is -0.157. The monoisotopic (exact) mass is 600 g/mol. The summed E-state index contributed by atoms with van der Waals surface area (Å²) in [6.45, 7) is 2.78. The van der Waals surface area contributed by atoms with Gasteiger partial charge >= 0.3 is 18.1 Å². The number of carboxylic acid groups (broad SMARTS) is 1. The number of carboxylic acids is 1. The minimum atomic E-state index is -5.08. The SMILES string of the molecule is CCN1C(=O)C2C(c3ccc(SC4CCCCC4)c(OC)c3)N3CCC[C@@]3(C(=O)OC)C2C1=O.O=C(O)C(F)(F)F. The molecule has 1 aromatic carbocycles. The highest BCUT2D eigenvalue weighted by Crippen LogP contribution is 2.59. The Morgan fingerprint density at radius 1 is 1.10 bits per heavy atom. The van der Waals surface area contributed by atoms with Crippen LogP contribution < -0.4 is 4.74 Å². The van der Waals surface area contributed by atoms with Crippen LogP contribution in [0.5, 0.6) is 5.75 Å². The summed E-state index contributed by atoms with van der Waals surface area (Å²) in [5, 5.41) is 7.72. The number of benzene rings is 1. The van der Waals surface area contributed by atoms with E-state index < -0.39 is 35.5 Å².